The molecule has 4 aromatic rings. The van der Waals surface area contributed by atoms with Crippen LogP contribution in [0.25, 0.3) is 5.69 Å². The van der Waals surface area contributed by atoms with Crippen LogP contribution in [0, 0.1) is 11.3 Å². The molecule has 200 valence electrons. The molecule has 0 fully saturated rings. The molecule has 0 saturated heterocycles. The molecule has 0 spiro atoms. The second-order valence-electron chi connectivity index (χ2n) is 8.96. The van der Waals surface area contributed by atoms with E-state index < -0.39 is 0 Å². The fourth-order valence-corrected chi connectivity index (χ4v) is 6.95. The number of ether oxygens (including phenoxy) is 1. The first-order valence-electron chi connectivity index (χ1n) is 12.6. The third kappa shape index (κ3) is 6.59. The number of aryl methyl sites for hydroxylation is 2. The van der Waals surface area contributed by atoms with Crippen molar-refractivity contribution < 1.29 is 9.53 Å². The number of aromatic nitrogens is 3. The van der Waals surface area contributed by atoms with Crippen molar-refractivity contribution in [3.63, 3.8) is 0 Å². The summed E-state index contributed by atoms with van der Waals surface area (Å²) in [4.78, 5) is 14.1. The summed E-state index contributed by atoms with van der Waals surface area (Å²) in [5.41, 5.74) is 2.64. The summed E-state index contributed by atoms with van der Waals surface area (Å²) >= 11 is 15.0. The highest BCUT2D eigenvalue weighted by molar-refractivity contribution is 7.99. The lowest BCUT2D eigenvalue weighted by atomic mass is 9.96. The van der Waals surface area contributed by atoms with Crippen molar-refractivity contribution in [3.05, 3.63) is 80.4 Å². The Morgan fingerprint density at radius 2 is 1.97 bits per heavy atom. The molecule has 0 saturated carbocycles. The quantitative estimate of drug-likeness (QED) is 0.154. The van der Waals surface area contributed by atoms with Crippen LogP contribution in [0.2, 0.25) is 10.0 Å². The number of thiophene rings is 1. The number of halogens is 2. The summed E-state index contributed by atoms with van der Waals surface area (Å²) in [5, 5.41) is 23.8. The normalized spacial score (nSPS) is 12.5. The van der Waals surface area contributed by atoms with Gasteiger partial charge < -0.3 is 10.1 Å². The van der Waals surface area contributed by atoms with Crippen LogP contribution in [0.3, 0.4) is 0 Å². The Balaban J connectivity index is 1.24. The Labute approximate surface area is 245 Å². The Hall–Kier alpha value is -3.03. The summed E-state index contributed by atoms with van der Waals surface area (Å²) in [6.07, 6.45) is 5.39. The number of carbonyl (C=O) groups excluding carboxylic acids is 1. The molecule has 1 aliphatic rings. The fraction of sp³-hybridized carbons (Fsp3) is 0.286. The van der Waals surface area contributed by atoms with Crippen molar-refractivity contribution in [3.8, 4) is 17.5 Å². The van der Waals surface area contributed by atoms with Gasteiger partial charge in [0.05, 0.1) is 22.9 Å². The number of hydrogen-bond acceptors (Lipinski definition) is 7. The highest BCUT2D eigenvalue weighted by Crippen LogP contribution is 2.37. The number of nitrogens with zero attached hydrogens (tertiary/aromatic N) is 4. The van der Waals surface area contributed by atoms with E-state index in [1.807, 2.05) is 34.9 Å². The van der Waals surface area contributed by atoms with Crippen molar-refractivity contribution in [2.75, 3.05) is 17.7 Å². The predicted octanol–water partition coefficient (Wildman–Crippen LogP) is 7.13. The van der Waals surface area contributed by atoms with E-state index in [-0.39, 0.29) is 11.7 Å². The van der Waals surface area contributed by atoms with E-state index in [0.717, 1.165) is 42.8 Å². The molecule has 1 amide bonds. The smallest absolute Gasteiger partial charge is 0.235 e. The van der Waals surface area contributed by atoms with Gasteiger partial charge in [0.25, 0.3) is 0 Å². The first-order valence-corrected chi connectivity index (χ1v) is 15.1. The Bertz CT molecular complexity index is 1510. The number of rotatable bonds is 10. The van der Waals surface area contributed by atoms with Crippen LogP contribution < -0.4 is 10.1 Å². The fourth-order valence-electron chi connectivity index (χ4n) is 4.46. The third-order valence-corrected chi connectivity index (χ3v) is 8.95. The van der Waals surface area contributed by atoms with Gasteiger partial charge in [-0.3, -0.25) is 9.36 Å². The number of nitrogens with one attached hydrogen (secondary N) is 1. The lowest BCUT2D eigenvalue weighted by Crippen LogP contribution is -2.14. The average molecular weight is 599 g/mol. The molecular weight excluding hydrogens is 573 g/mol. The van der Waals surface area contributed by atoms with Gasteiger partial charge in [-0.1, -0.05) is 53.2 Å². The van der Waals surface area contributed by atoms with E-state index >= 15 is 0 Å². The summed E-state index contributed by atoms with van der Waals surface area (Å²) in [6, 6.07) is 17.3. The van der Waals surface area contributed by atoms with E-state index in [0.29, 0.717) is 51.0 Å². The molecule has 0 unspecified atom stereocenters. The average Bonchev–Trinajstić information content (AvgIpc) is 3.51. The minimum Gasteiger partial charge on any atom is -0.492 e. The topological polar surface area (TPSA) is 92.8 Å². The molecule has 0 atom stereocenters. The first-order chi connectivity index (χ1) is 19.0. The molecule has 1 aliphatic carbocycles. The van der Waals surface area contributed by atoms with Crippen molar-refractivity contribution in [2.24, 2.45) is 0 Å². The highest BCUT2D eigenvalue weighted by Gasteiger charge is 2.22. The number of carbonyl (C=O) groups is 1. The molecule has 2 heterocycles. The maximum Gasteiger partial charge on any atom is 0.235 e. The van der Waals surface area contributed by atoms with Gasteiger partial charge in [0.15, 0.2) is 5.16 Å². The molecule has 7 nitrogen and oxygen atoms in total. The molecule has 0 radical (unpaired) electrons. The summed E-state index contributed by atoms with van der Waals surface area (Å²) in [7, 11) is 0. The largest absolute Gasteiger partial charge is 0.492 e. The molecule has 1 N–H and O–H groups in total. The van der Waals surface area contributed by atoms with E-state index in [4.69, 9.17) is 27.9 Å². The van der Waals surface area contributed by atoms with E-state index in [9.17, 15) is 10.1 Å². The van der Waals surface area contributed by atoms with Crippen LogP contribution in [0.4, 0.5) is 5.00 Å². The van der Waals surface area contributed by atoms with Crippen LogP contribution >= 0.6 is 46.3 Å². The van der Waals surface area contributed by atoms with Crippen LogP contribution in [0.5, 0.6) is 5.75 Å². The van der Waals surface area contributed by atoms with E-state index in [1.54, 1.807) is 18.2 Å². The van der Waals surface area contributed by atoms with Crippen molar-refractivity contribution >= 4 is 57.2 Å². The Morgan fingerprint density at radius 3 is 2.77 bits per heavy atom. The molecule has 39 heavy (non-hydrogen) atoms. The van der Waals surface area contributed by atoms with Gasteiger partial charge in [0.2, 0.25) is 5.91 Å². The zero-order chi connectivity index (χ0) is 27.2. The standard InChI is InChI=1S/C28H25Cl2N5O2S2/c29-18-12-13-23(22(30)15-18)37-14-6-11-25-33-34-28(35(25)19-7-2-1-3-8-19)38-17-26(36)32-27-21(16-31)20-9-4-5-10-24(20)39-27/h1-3,7-8,12-13,15H,4-6,9-11,14,17H2,(H,32,36). The number of anilines is 1. The van der Waals surface area contributed by atoms with Crippen molar-refractivity contribution in [2.45, 2.75) is 43.7 Å². The highest BCUT2D eigenvalue weighted by atomic mass is 35.5. The molecular formula is C28H25Cl2N5O2S2. The predicted molar refractivity (Wildman–Crippen MR) is 157 cm³/mol. The van der Waals surface area contributed by atoms with Crippen molar-refractivity contribution in [1.29, 1.82) is 5.26 Å². The third-order valence-electron chi connectivity index (χ3n) is 6.28. The number of hydrogen-bond donors (Lipinski definition) is 1. The van der Waals surface area contributed by atoms with Crippen LogP contribution in [-0.4, -0.2) is 33.0 Å². The lowest BCUT2D eigenvalue weighted by molar-refractivity contribution is -0.113. The summed E-state index contributed by atoms with van der Waals surface area (Å²) < 4.78 is 7.79. The van der Waals surface area contributed by atoms with Gasteiger partial charge in [-0.2, -0.15) is 5.26 Å². The van der Waals surface area contributed by atoms with Gasteiger partial charge in [-0.05, 0) is 68.0 Å². The minimum absolute atomic E-state index is 0.149. The summed E-state index contributed by atoms with van der Waals surface area (Å²) in [5.74, 6) is 1.33. The maximum absolute atomic E-state index is 12.9. The zero-order valence-corrected chi connectivity index (χ0v) is 24.1. The van der Waals surface area contributed by atoms with Gasteiger partial charge in [0, 0.05) is 22.0 Å². The number of nitriles is 1. The van der Waals surface area contributed by atoms with Crippen LogP contribution in [0.1, 0.15) is 41.1 Å². The monoisotopic (exact) mass is 597 g/mol. The molecule has 5 rings (SSSR count). The molecule has 2 aromatic heterocycles. The van der Waals surface area contributed by atoms with Gasteiger partial charge >= 0.3 is 0 Å². The number of thioether (sulfide) groups is 1. The Kier molecular flexibility index (Phi) is 9.09. The SMILES string of the molecule is N#Cc1c(NC(=O)CSc2nnc(CCCOc3ccc(Cl)cc3Cl)n2-c2ccccc2)sc2c1CCCC2. The van der Waals surface area contributed by atoms with Crippen LogP contribution in [-0.2, 0) is 24.1 Å². The van der Waals surface area contributed by atoms with Crippen molar-refractivity contribution in [1.82, 2.24) is 14.8 Å². The van der Waals surface area contributed by atoms with Gasteiger partial charge in [-0.25, -0.2) is 0 Å². The minimum atomic E-state index is -0.174. The first kappa shape index (κ1) is 27.5. The van der Waals surface area contributed by atoms with Gasteiger partial charge in [-0.15, -0.1) is 21.5 Å². The van der Waals surface area contributed by atoms with E-state index in [2.05, 4.69) is 21.6 Å². The van der Waals surface area contributed by atoms with E-state index in [1.165, 1.54) is 28.0 Å². The molecule has 11 heteroatoms. The lowest BCUT2D eigenvalue weighted by Gasteiger charge is -2.11. The van der Waals surface area contributed by atoms with Gasteiger partial charge in [0.1, 0.15) is 22.6 Å². The van der Waals surface area contributed by atoms with Crippen LogP contribution in [0.15, 0.2) is 53.7 Å². The Morgan fingerprint density at radius 1 is 1.15 bits per heavy atom. The zero-order valence-electron chi connectivity index (χ0n) is 21.0. The molecule has 0 aliphatic heterocycles. The second-order valence-corrected chi connectivity index (χ2v) is 11.9. The molecule has 0 bridgehead atoms. The molecule has 2 aromatic carbocycles. The second kappa shape index (κ2) is 12.9. The number of para-hydroxylation sites is 1. The number of benzene rings is 2. The summed E-state index contributed by atoms with van der Waals surface area (Å²) in [6.45, 7) is 0.444. The number of amides is 1. The number of fused-ring (bicyclic) bond motifs is 1. The maximum atomic E-state index is 12.9.